The molecule has 0 saturated carbocycles. The zero-order chi connectivity index (χ0) is 20.9. The van der Waals surface area contributed by atoms with Gasteiger partial charge >= 0.3 is 0 Å². The SMILES string of the molecule is CCOc1ccc(S(=O)(=O)NCC2CCN(S(=O)(=O)c3cccnc3)CC2)cc1. The van der Waals surface area contributed by atoms with Gasteiger partial charge in [-0.05, 0) is 62.1 Å². The number of ether oxygens (including phenoxy) is 1. The smallest absolute Gasteiger partial charge is 0.244 e. The normalized spacial score (nSPS) is 16.6. The van der Waals surface area contributed by atoms with Gasteiger partial charge in [0.2, 0.25) is 20.0 Å². The van der Waals surface area contributed by atoms with Crippen LogP contribution in [0.1, 0.15) is 19.8 Å². The topological polar surface area (TPSA) is 106 Å². The molecule has 8 nitrogen and oxygen atoms in total. The summed E-state index contributed by atoms with van der Waals surface area (Å²) in [5.74, 6) is 0.696. The third-order valence-corrected chi connectivity index (χ3v) is 8.17. The lowest BCUT2D eigenvalue weighted by molar-refractivity contribution is 0.274. The van der Waals surface area contributed by atoms with Gasteiger partial charge < -0.3 is 4.74 Å². The van der Waals surface area contributed by atoms with Crippen LogP contribution < -0.4 is 9.46 Å². The Kier molecular flexibility index (Phi) is 6.89. The van der Waals surface area contributed by atoms with Gasteiger partial charge in [0, 0.05) is 32.0 Å². The maximum Gasteiger partial charge on any atom is 0.244 e. The molecule has 1 aromatic heterocycles. The molecule has 1 aliphatic heterocycles. The molecule has 2 heterocycles. The van der Waals surface area contributed by atoms with Crippen LogP contribution in [-0.2, 0) is 20.0 Å². The van der Waals surface area contributed by atoms with Gasteiger partial charge in [-0.1, -0.05) is 0 Å². The first-order valence-electron chi connectivity index (χ1n) is 9.45. The van der Waals surface area contributed by atoms with Gasteiger partial charge in [-0.15, -0.1) is 0 Å². The minimum atomic E-state index is -3.62. The van der Waals surface area contributed by atoms with E-state index in [1.54, 1.807) is 18.2 Å². The third-order valence-electron chi connectivity index (χ3n) is 4.85. The number of rotatable bonds is 8. The average Bonchev–Trinajstić information content (AvgIpc) is 2.74. The lowest BCUT2D eigenvalue weighted by Gasteiger charge is -2.31. The number of aromatic nitrogens is 1. The molecule has 0 atom stereocenters. The number of benzene rings is 1. The molecule has 1 N–H and O–H groups in total. The van der Waals surface area contributed by atoms with Crippen molar-refractivity contribution in [3.8, 4) is 5.75 Å². The maximum absolute atomic E-state index is 12.6. The maximum atomic E-state index is 12.6. The van der Waals surface area contributed by atoms with Gasteiger partial charge in [0.05, 0.1) is 11.5 Å². The van der Waals surface area contributed by atoms with Crippen molar-refractivity contribution in [2.24, 2.45) is 5.92 Å². The second-order valence-corrected chi connectivity index (χ2v) is 10.5. The van der Waals surface area contributed by atoms with E-state index in [0.717, 1.165) is 0 Å². The van der Waals surface area contributed by atoms with E-state index in [0.29, 0.717) is 38.3 Å². The molecule has 1 fully saturated rings. The Bertz CT molecular complexity index is 1000. The minimum absolute atomic E-state index is 0.0767. The quantitative estimate of drug-likeness (QED) is 0.673. The molecular formula is C19H25N3O5S2. The number of pyridine rings is 1. The van der Waals surface area contributed by atoms with E-state index >= 15 is 0 Å². The third kappa shape index (κ3) is 5.33. The summed E-state index contributed by atoms with van der Waals surface area (Å²) in [6, 6.07) is 9.39. The summed E-state index contributed by atoms with van der Waals surface area (Å²) >= 11 is 0. The van der Waals surface area contributed by atoms with Gasteiger partial charge in [-0.2, -0.15) is 4.31 Å². The fourth-order valence-electron chi connectivity index (χ4n) is 3.20. The monoisotopic (exact) mass is 439 g/mol. The summed E-state index contributed by atoms with van der Waals surface area (Å²) in [5, 5.41) is 0. The van der Waals surface area contributed by atoms with Gasteiger partial charge in [0.25, 0.3) is 0 Å². The Morgan fingerprint density at radius 2 is 1.76 bits per heavy atom. The van der Waals surface area contributed by atoms with Crippen LogP contribution in [0.15, 0.2) is 58.6 Å². The molecule has 10 heteroatoms. The fourth-order valence-corrected chi connectivity index (χ4v) is 5.75. The molecule has 1 aromatic carbocycles. The second kappa shape index (κ2) is 9.21. The van der Waals surface area contributed by atoms with Crippen molar-refractivity contribution < 1.29 is 21.6 Å². The van der Waals surface area contributed by atoms with Crippen molar-refractivity contribution >= 4 is 20.0 Å². The van der Waals surface area contributed by atoms with E-state index in [2.05, 4.69) is 9.71 Å². The largest absolute Gasteiger partial charge is 0.494 e. The molecule has 0 bridgehead atoms. The van der Waals surface area contributed by atoms with Crippen LogP contribution >= 0.6 is 0 Å². The first-order chi connectivity index (χ1) is 13.8. The summed E-state index contributed by atoms with van der Waals surface area (Å²) in [6.07, 6.45) is 4.05. The number of nitrogens with one attached hydrogen (secondary N) is 1. The van der Waals surface area contributed by atoms with E-state index < -0.39 is 20.0 Å². The van der Waals surface area contributed by atoms with E-state index in [-0.39, 0.29) is 22.3 Å². The Morgan fingerprint density at radius 1 is 1.07 bits per heavy atom. The van der Waals surface area contributed by atoms with Crippen molar-refractivity contribution in [2.45, 2.75) is 29.6 Å². The van der Waals surface area contributed by atoms with Crippen LogP contribution in [0, 0.1) is 5.92 Å². The number of hydrogen-bond acceptors (Lipinski definition) is 6. The first kappa shape index (κ1) is 21.7. The highest BCUT2D eigenvalue weighted by molar-refractivity contribution is 7.89. The summed E-state index contributed by atoms with van der Waals surface area (Å²) in [6.45, 7) is 3.36. The van der Waals surface area contributed by atoms with Gasteiger partial charge in [-0.25, -0.2) is 21.6 Å². The molecular weight excluding hydrogens is 414 g/mol. The van der Waals surface area contributed by atoms with E-state index in [1.165, 1.54) is 34.9 Å². The van der Waals surface area contributed by atoms with Crippen molar-refractivity contribution in [3.05, 3.63) is 48.8 Å². The van der Waals surface area contributed by atoms with Crippen LogP contribution in [0.25, 0.3) is 0 Å². The van der Waals surface area contributed by atoms with Gasteiger partial charge in [0.15, 0.2) is 0 Å². The Hall–Kier alpha value is -2.01. The van der Waals surface area contributed by atoms with Crippen LogP contribution in [0.3, 0.4) is 0 Å². The van der Waals surface area contributed by atoms with Crippen LogP contribution in [0.4, 0.5) is 0 Å². The second-order valence-electron chi connectivity index (χ2n) is 6.79. The van der Waals surface area contributed by atoms with Gasteiger partial charge in [0.1, 0.15) is 10.6 Å². The highest BCUT2D eigenvalue weighted by Crippen LogP contribution is 2.23. The molecule has 0 amide bonds. The number of nitrogens with zero attached hydrogens (tertiary/aromatic N) is 2. The zero-order valence-corrected chi connectivity index (χ0v) is 17.8. The molecule has 3 rings (SSSR count). The standard InChI is InChI=1S/C19H25N3O5S2/c1-2-27-17-5-7-18(8-6-17)28(23,24)21-14-16-9-12-22(13-10-16)29(25,26)19-4-3-11-20-15-19/h3-8,11,15-16,21H,2,9-10,12-14H2,1H3. The molecule has 0 spiro atoms. The Morgan fingerprint density at radius 3 is 2.34 bits per heavy atom. The van der Waals surface area contributed by atoms with Gasteiger partial charge in [-0.3, -0.25) is 4.98 Å². The summed E-state index contributed by atoms with van der Waals surface area (Å²) in [4.78, 5) is 4.23. The Labute approximate surface area is 172 Å². The molecule has 0 unspecified atom stereocenters. The van der Waals surface area contributed by atoms with Crippen molar-refractivity contribution in [1.82, 2.24) is 14.0 Å². The zero-order valence-electron chi connectivity index (χ0n) is 16.2. The van der Waals surface area contributed by atoms with E-state index in [4.69, 9.17) is 4.74 Å². The molecule has 0 radical (unpaired) electrons. The highest BCUT2D eigenvalue weighted by Gasteiger charge is 2.30. The summed E-state index contributed by atoms with van der Waals surface area (Å²) in [5.41, 5.74) is 0. The summed E-state index contributed by atoms with van der Waals surface area (Å²) in [7, 11) is -7.18. The molecule has 1 saturated heterocycles. The summed E-state index contributed by atoms with van der Waals surface area (Å²) < 4.78 is 59.6. The van der Waals surface area contributed by atoms with Crippen molar-refractivity contribution in [2.75, 3.05) is 26.2 Å². The lowest BCUT2D eigenvalue weighted by Crippen LogP contribution is -2.41. The molecule has 0 aliphatic carbocycles. The number of sulfonamides is 2. The highest BCUT2D eigenvalue weighted by atomic mass is 32.2. The molecule has 29 heavy (non-hydrogen) atoms. The lowest BCUT2D eigenvalue weighted by atomic mass is 9.99. The van der Waals surface area contributed by atoms with Crippen molar-refractivity contribution in [1.29, 1.82) is 0 Å². The van der Waals surface area contributed by atoms with Crippen LogP contribution in [-0.4, -0.2) is 52.4 Å². The number of piperidine rings is 1. The minimum Gasteiger partial charge on any atom is -0.494 e. The van der Waals surface area contributed by atoms with Crippen LogP contribution in [0.2, 0.25) is 0 Å². The first-order valence-corrected chi connectivity index (χ1v) is 12.4. The Balaban J connectivity index is 1.54. The molecule has 2 aromatic rings. The average molecular weight is 440 g/mol. The predicted octanol–water partition coefficient (Wildman–Crippen LogP) is 1.86. The van der Waals surface area contributed by atoms with Crippen molar-refractivity contribution in [3.63, 3.8) is 0 Å². The molecule has 1 aliphatic rings. The number of hydrogen-bond donors (Lipinski definition) is 1. The van der Waals surface area contributed by atoms with Crippen LogP contribution in [0.5, 0.6) is 5.75 Å². The fraction of sp³-hybridized carbons (Fsp3) is 0.421. The van der Waals surface area contributed by atoms with E-state index in [1.807, 2.05) is 6.92 Å². The van der Waals surface area contributed by atoms with E-state index in [9.17, 15) is 16.8 Å². The predicted molar refractivity (Wildman–Crippen MR) is 109 cm³/mol. The molecule has 158 valence electrons.